The number of hydrogen-bond acceptors (Lipinski definition) is 3. The summed E-state index contributed by atoms with van der Waals surface area (Å²) in [7, 11) is 2.14. The van der Waals surface area contributed by atoms with E-state index in [0.717, 1.165) is 37.7 Å². The Hall–Kier alpha value is -1.39. The summed E-state index contributed by atoms with van der Waals surface area (Å²) in [4.78, 5) is 14.7. The van der Waals surface area contributed by atoms with Gasteiger partial charge < -0.3 is 15.5 Å². The summed E-state index contributed by atoms with van der Waals surface area (Å²) in [6, 6.07) is 8.79. The van der Waals surface area contributed by atoms with Gasteiger partial charge in [0.1, 0.15) is 6.04 Å². The van der Waals surface area contributed by atoms with E-state index in [1.54, 1.807) is 0 Å². The van der Waals surface area contributed by atoms with Crippen molar-refractivity contribution < 1.29 is 4.79 Å². The number of nitrogens with one attached hydrogen (secondary N) is 2. The van der Waals surface area contributed by atoms with Crippen LogP contribution in [-0.4, -0.2) is 43.5 Å². The van der Waals surface area contributed by atoms with Gasteiger partial charge in [-0.15, -0.1) is 0 Å². The van der Waals surface area contributed by atoms with Crippen LogP contribution in [0.4, 0.5) is 0 Å². The molecule has 108 valence electrons. The summed E-state index contributed by atoms with van der Waals surface area (Å²) in [5.41, 5.74) is 2.42. The molecule has 0 spiro atoms. The van der Waals surface area contributed by atoms with E-state index < -0.39 is 0 Å². The van der Waals surface area contributed by atoms with Crippen LogP contribution in [0.15, 0.2) is 24.3 Å². The van der Waals surface area contributed by atoms with E-state index in [-0.39, 0.29) is 11.9 Å². The Balaban J connectivity index is 1.55. The zero-order chi connectivity index (χ0) is 13.9. The lowest BCUT2D eigenvalue weighted by Gasteiger charge is -2.26. The van der Waals surface area contributed by atoms with Gasteiger partial charge in [-0.05, 0) is 37.4 Å². The molecule has 3 rings (SSSR count). The molecule has 1 aliphatic heterocycles. The standard InChI is InChI=1S/C16H23N3O/c1-19(13-6-7-13)11-10-18-16(20)15-14-5-3-2-4-12(14)8-9-17-15/h2-5,13,15,17H,6-11H2,1H3,(H,18,20). The van der Waals surface area contributed by atoms with Gasteiger partial charge in [-0.1, -0.05) is 24.3 Å². The third-order valence-corrected chi connectivity index (χ3v) is 4.31. The lowest BCUT2D eigenvalue weighted by atomic mass is 9.94. The van der Waals surface area contributed by atoms with Gasteiger partial charge in [0, 0.05) is 25.7 Å². The maximum Gasteiger partial charge on any atom is 0.241 e. The highest BCUT2D eigenvalue weighted by atomic mass is 16.2. The van der Waals surface area contributed by atoms with E-state index in [4.69, 9.17) is 0 Å². The molecule has 0 bridgehead atoms. The van der Waals surface area contributed by atoms with Crippen molar-refractivity contribution in [1.82, 2.24) is 15.5 Å². The number of likely N-dealkylation sites (N-methyl/N-ethyl adjacent to an activating group) is 1. The minimum absolute atomic E-state index is 0.0985. The number of rotatable bonds is 5. The molecular formula is C16H23N3O. The van der Waals surface area contributed by atoms with Gasteiger partial charge in [-0.3, -0.25) is 4.79 Å². The van der Waals surface area contributed by atoms with Gasteiger partial charge in [-0.2, -0.15) is 0 Å². The minimum Gasteiger partial charge on any atom is -0.353 e. The molecule has 1 aliphatic carbocycles. The van der Waals surface area contributed by atoms with Crippen LogP contribution in [0.25, 0.3) is 0 Å². The average molecular weight is 273 g/mol. The predicted octanol–water partition coefficient (Wildman–Crippen LogP) is 1.08. The third kappa shape index (κ3) is 3.02. The highest BCUT2D eigenvalue weighted by Gasteiger charge is 2.27. The molecule has 4 heteroatoms. The molecule has 1 aromatic carbocycles. The highest BCUT2D eigenvalue weighted by molar-refractivity contribution is 5.83. The van der Waals surface area contributed by atoms with Crippen LogP contribution >= 0.6 is 0 Å². The average Bonchev–Trinajstić information content (AvgIpc) is 3.31. The van der Waals surface area contributed by atoms with Gasteiger partial charge in [-0.25, -0.2) is 0 Å². The summed E-state index contributed by atoms with van der Waals surface area (Å²) in [5, 5.41) is 6.39. The highest BCUT2D eigenvalue weighted by Crippen LogP contribution is 2.25. The Kier molecular flexibility index (Phi) is 4.03. The fraction of sp³-hybridized carbons (Fsp3) is 0.562. The molecule has 1 heterocycles. The summed E-state index contributed by atoms with van der Waals surface area (Å²) in [6.07, 6.45) is 3.62. The summed E-state index contributed by atoms with van der Waals surface area (Å²) in [6.45, 7) is 2.54. The predicted molar refractivity (Wildman–Crippen MR) is 79.6 cm³/mol. The second-order valence-electron chi connectivity index (χ2n) is 5.84. The first kappa shape index (κ1) is 13.6. The van der Waals surface area contributed by atoms with Crippen molar-refractivity contribution in [3.05, 3.63) is 35.4 Å². The van der Waals surface area contributed by atoms with Crippen LogP contribution in [-0.2, 0) is 11.2 Å². The second kappa shape index (κ2) is 5.94. The van der Waals surface area contributed by atoms with Gasteiger partial charge in [0.15, 0.2) is 0 Å². The lowest BCUT2D eigenvalue weighted by molar-refractivity contribution is -0.123. The molecule has 2 aliphatic rings. The van der Waals surface area contributed by atoms with Crippen molar-refractivity contribution in [3.63, 3.8) is 0 Å². The Morgan fingerprint density at radius 2 is 2.20 bits per heavy atom. The number of carbonyl (C=O) groups excluding carboxylic acids is 1. The Labute approximate surface area is 120 Å². The zero-order valence-corrected chi connectivity index (χ0v) is 12.1. The topological polar surface area (TPSA) is 44.4 Å². The Bertz CT molecular complexity index is 484. The molecule has 0 radical (unpaired) electrons. The normalized spacial score (nSPS) is 21.6. The third-order valence-electron chi connectivity index (χ3n) is 4.31. The van der Waals surface area contributed by atoms with Gasteiger partial charge in [0.2, 0.25) is 5.91 Å². The second-order valence-corrected chi connectivity index (χ2v) is 5.84. The molecule has 1 saturated carbocycles. The van der Waals surface area contributed by atoms with Gasteiger partial charge in [0.05, 0.1) is 0 Å². The fourth-order valence-electron chi connectivity index (χ4n) is 2.89. The van der Waals surface area contributed by atoms with E-state index in [1.807, 2.05) is 12.1 Å². The quantitative estimate of drug-likeness (QED) is 0.844. The van der Waals surface area contributed by atoms with Crippen molar-refractivity contribution in [2.45, 2.75) is 31.3 Å². The molecule has 1 unspecified atom stereocenters. The number of hydrogen-bond donors (Lipinski definition) is 2. The van der Waals surface area contributed by atoms with E-state index in [9.17, 15) is 4.79 Å². The van der Waals surface area contributed by atoms with Gasteiger partial charge in [0.25, 0.3) is 0 Å². The van der Waals surface area contributed by atoms with Crippen molar-refractivity contribution in [2.24, 2.45) is 0 Å². The summed E-state index contributed by atoms with van der Waals surface area (Å²) < 4.78 is 0. The molecule has 0 aromatic heterocycles. The minimum atomic E-state index is -0.189. The fourth-order valence-corrected chi connectivity index (χ4v) is 2.89. The van der Waals surface area contributed by atoms with E-state index >= 15 is 0 Å². The van der Waals surface area contributed by atoms with E-state index in [1.165, 1.54) is 18.4 Å². The number of nitrogens with zero attached hydrogens (tertiary/aromatic N) is 1. The van der Waals surface area contributed by atoms with Crippen molar-refractivity contribution in [1.29, 1.82) is 0 Å². The largest absolute Gasteiger partial charge is 0.353 e. The maximum absolute atomic E-state index is 12.3. The molecular weight excluding hydrogens is 250 g/mol. The van der Waals surface area contributed by atoms with Crippen LogP contribution in [0.3, 0.4) is 0 Å². The van der Waals surface area contributed by atoms with Gasteiger partial charge >= 0.3 is 0 Å². The van der Waals surface area contributed by atoms with Crippen LogP contribution < -0.4 is 10.6 Å². The first-order valence-electron chi connectivity index (χ1n) is 7.55. The zero-order valence-electron chi connectivity index (χ0n) is 12.1. The molecule has 2 N–H and O–H groups in total. The Morgan fingerprint density at radius 1 is 1.40 bits per heavy atom. The molecule has 0 saturated heterocycles. The Morgan fingerprint density at radius 3 is 3.00 bits per heavy atom. The van der Waals surface area contributed by atoms with Crippen molar-refractivity contribution in [3.8, 4) is 0 Å². The van der Waals surface area contributed by atoms with Crippen molar-refractivity contribution in [2.75, 3.05) is 26.7 Å². The lowest BCUT2D eigenvalue weighted by Crippen LogP contribution is -2.43. The number of benzene rings is 1. The first-order chi connectivity index (χ1) is 9.75. The monoisotopic (exact) mass is 273 g/mol. The van der Waals surface area contributed by atoms with Crippen LogP contribution in [0.2, 0.25) is 0 Å². The SMILES string of the molecule is CN(CCNC(=O)C1NCCc2ccccc21)C1CC1. The molecule has 1 amide bonds. The number of carbonyl (C=O) groups is 1. The first-order valence-corrected chi connectivity index (χ1v) is 7.55. The molecule has 1 aromatic rings. The van der Waals surface area contributed by atoms with Crippen LogP contribution in [0.5, 0.6) is 0 Å². The van der Waals surface area contributed by atoms with Crippen molar-refractivity contribution >= 4 is 5.91 Å². The van der Waals surface area contributed by atoms with Crippen LogP contribution in [0.1, 0.15) is 30.0 Å². The maximum atomic E-state index is 12.3. The molecule has 1 atom stereocenters. The van der Waals surface area contributed by atoms with E-state index in [2.05, 4.69) is 34.7 Å². The number of amides is 1. The molecule has 1 fully saturated rings. The van der Waals surface area contributed by atoms with E-state index in [0.29, 0.717) is 0 Å². The summed E-state index contributed by atoms with van der Waals surface area (Å²) >= 11 is 0. The number of fused-ring (bicyclic) bond motifs is 1. The molecule has 20 heavy (non-hydrogen) atoms. The smallest absolute Gasteiger partial charge is 0.241 e. The molecule has 4 nitrogen and oxygen atoms in total. The van der Waals surface area contributed by atoms with Crippen LogP contribution in [0, 0.1) is 0 Å². The summed E-state index contributed by atoms with van der Waals surface area (Å²) in [5.74, 6) is 0.0985.